The second kappa shape index (κ2) is 8.69. The van der Waals surface area contributed by atoms with Crippen molar-refractivity contribution in [2.45, 2.75) is 13.0 Å². The molecule has 0 saturated carbocycles. The molecule has 0 saturated heterocycles. The Morgan fingerprint density at radius 2 is 1.64 bits per heavy atom. The normalized spacial score (nSPS) is 12.8. The lowest BCUT2D eigenvalue weighted by Crippen LogP contribution is -2.46. The third kappa shape index (κ3) is 5.42. The van der Waals surface area contributed by atoms with Crippen LogP contribution in [0.2, 0.25) is 0 Å². The van der Waals surface area contributed by atoms with Gasteiger partial charge in [-0.2, -0.15) is 0 Å². The van der Waals surface area contributed by atoms with Crippen molar-refractivity contribution in [1.82, 2.24) is 10.3 Å². The minimum absolute atomic E-state index is 0.521. The lowest BCUT2D eigenvalue weighted by molar-refractivity contribution is -0.127. The average Bonchev–Trinajstić information content (AvgIpc) is 2.71. The Morgan fingerprint density at radius 1 is 0.964 bits per heavy atom. The van der Waals surface area contributed by atoms with Crippen LogP contribution in [0.5, 0.6) is 5.75 Å². The van der Waals surface area contributed by atoms with Gasteiger partial charge in [0.2, 0.25) is 0 Å². The number of fused-ring (bicyclic) bond motifs is 1. The van der Waals surface area contributed by atoms with E-state index in [1.54, 1.807) is 37.3 Å². The highest BCUT2D eigenvalue weighted by molar-refractivity contribution is 7.92. The molecule has 28 heavy (non-hydrogen) atoms. The predicted octanol–water partition coefficient (Wildman–Crippen LogP) is 3.23. The predicted molar refractivity (Wildman–Crippen MR) is 110 cm³/mol. The van der Waals surface area contributed by atoms with E-state index in [9.17, 15) is 13.2 Å². The first kappa shape index (κ1) is 19.6. The van der Waals surface area contributed by atoms with E-state index in [1.165, 1.54) is 6.08 Å². The van der Waals surface area contributed by atoms with Crippen molar-refractivity contribution in [1.29, 1.82) is 0 Å². The topological polar surface area (TPSA) is 84.5 Å². The zero-order valence-corrected chi connectivity index (χ0v) is 16.0. The maximum atomic E-state index is 12.1. The van der Waals surface area contributed by atoms with Crippen molar-refractivity contribution in [2.24, 2.45) is 0 Å². The Morgan fingerprint density at radius 3 is 2.39 bits per heavy atom. The van der Waals surface area contributed by atoms with Gasteiger partial charge in [0, 0.05) is 5.41 Å². The quantitative estimate of drug-likeness (QED) is 0.601. The van der Waals surface area contributed by atoms with Gasteiger partial charge in [0.1, 0.15) is 5.75 Å². The van der Waals surface area contributed by atoms with Crippen LogP contribution in [-0.2, 0) is 14.8 Å². The van der Waals surface area contributed by atoms with Gasteiger partial charge >= 0.3 is 0 Å². The van der Waals surface area contributed by atoms with Gasteiger partial charge < -0.3 is 4.74 Å². The first-order chi connectivity index (χ1) is 13.4. The van der Waals surface area contributed by atoms with Crippen LogP contribution in [-0.4, -0.2) is 20.4 Å². The Balaban J connectivity index is 1.56. The molecule has 2 N–H and O–H groups in total. The van der Waals surface area contributed by atoms with Gasteiger partial charge in [-0.1, -0.05) is 60.7 Å². The molecule has 0 aliphatic heterocycles. The lowest BCUT2D eigenvalue weighted by atomic mass is 10.1. The van der Waals surface area contributed by atoms with Gasteiger partial charge in [0.25, 0.3) is 15.9 Å². The SMILES string of the molecule is C[C@@H](Oc1ccc2ccccc2c1)C(=O)NNS(=O)(=O)/C=C/c1ccccc1. The molecule has 6 nitrogen and oxygen atoms in total. The largest absolute Gasteiger partial charge is 0.481 e. The Labute approximate surface area is 163 Å². The summed E-state index contributed by atoms with van der Waals surface area (Å²) in [5.74, 6) is -0.0852. The molecule has 0 unspecified atom stereocenters. The maximum Gasteiger partial charge on any atom is 0.275 e. The van der Waals surface area contributed by atoms with Crippen molar-refractivity contribution < 1.29 is 17.9 Å². The van der Waals surface area contributed by atoms with Crippen LogP contribution in [0.3, 0.4) is 0 Å². The van der Waals surface area contributed by atoms with E-state index in [4.69, 9.17) is 4.74 Å². The molecule has 0 aliphatic rings. The number of rotatable bonds is 7. The highest BCUT2D eigenvalue weighted by atomic mass is 32.2. The summed E-state index contributed by atoms with van der Waals surface area (Å²) in [5.41, 5.74) is 2.89. The number of sulfonamides is 1. The third-order valence-corrected chi connectivity index (χ3v) is 4.84. The fraction of sp³-hybridized carbons (Fsp3) is 0.0952. The molecule has 3 aromatic carbocycles. The van der Waals surface area contributed by atoms with Crippen LogP contribution in [0, 0.1) is 0 Å². The molecular formula is C21H20N2O4S. The smallest absolute Gasteiger partial charge is 0.275 e. The second-order valence-electron chi connectivity index (χ2n) is 6.12. The van der Waals surface area contributed by atoms with Gasteiger partial charge in [0.05, 0.1) is 0 Å². The minimum Gasteiger partial charge on any atom is -0.481 e. The Kier molecular flexibility index (Phi) is 6.08. The van der Waals surface area contributed by atoms with Crippen molar-refractivity contribution >= 4 is 32.8 Å². The van der Waals surface area contributed by atoms with Crippen LogP contribution in [0.25, 0.3) is 16.8 Å². The zero-order valence-electron chi connectivity index (χ0n) is 15.2. The number of amides is 1. The third-order valence-electron chi connectivity index (χ3n) is 3.96. The summed E-state index contributed by atoms with van der Waals surface area (Å²) in [6.45, 7) is 1.54. The van der Waals surface area contributed by atoms with E-state index in [2.05, 4.69) is 5.43 Å². The van der Waals surface area contributed by atoms with Gasteiger partial charge in [-0.25, -0.2) is 8.42 Å². The number of carbonyl (C=O) groups excluding carboxylic acids is 1. The lowest BCUT2D eigenvalue weighted by Gasteiger charge is -2.15. The van der Waals surface area contributed by atoms with Gasteiger partial charge in [-0.05, 0) is 41.5 Å². The number of hydrogen-bond acceptors (Lipinski definition) is 4. The van der Waals surface area contributed by atoms with E-state index in [0.29, 0.717) is 5.75 Å². The number of benzene rings is 3. The summed E-state index contributed by atoms with van der Waals surface area (Å²) >= 11 is 0. The number of ether oxygens (including phenoxy) is 1. The maximum absolute atomic E-state index is 12.1. The molecule has 0 fully saturated rings. The molecule has 0 radical (unpaired) electrons. The average molecular weight is 396 g/mol. The number of hydrazine groups is 1. The fourth-order valence-electron chi connectivity index (χ4n) is 2.49. The van der Waals surface area contributed by atoms with Crippen LogP contribution in [0.4, 0.5) is 0 Å². The standard InChI is InChI=1S/C21H20N2O4S/c1-16(27-20-12-11-18-9-5-6-10-19(18)15-20)21(24)22-23-28(25,26)14-13-17-7-3-2-4-8-17/h2-16,23H,1H3,(H,22,24)/b14-13+/t16-/m1/s1. The number of hydrogen-bond donors (Lipinski definition) is 2. The van der Waals surface area contributed by atoms with E-state index >= 15 is 0 Å². The Hall–Kier alpha value is -3.16. The van der Waals surface area contributed by atoms with Crippen molar-refractivity contribution in [3.8, 4) is 5.75 Å². The Bertz CT molecular complexity index is 1100. The molecule has 1 amide bonds. The van der Waals surface area contributed by atoms with Crippen molar-refractivity contribution in [3.63, 3.8) is 0 Å². The van der Waals surface area contributed by atoms with Gasteiger partial charge in [-0.3, -0.25) is 10.2 Å². The molecule has 0 aromatic heterocycles. The first-order valence-corrected chi connectivity index (χ1v) is 10.2. The summed E-state index contributed by atoms with van der Waals surface area (Å²) < 4.78 is 29.6. The summed E-state index contributed by atoms with van der Waals surface area (Å²) in [5, 5.41) is 3.03. The van der Waals surface area contributed by atoms with E-state index in [1.807, 2.05) is 47.3 Å². The van der Waals surface area contributed by atoms with E-state index < -0.39 is 22.0 Å². The van der Waals surface area contributed by atoms with Crippen LogP contribution in [0.1, 0.15) is 12.5 Å². The molecule has 0 heterocycles. The van der Waals surface area contributed by atoms with E-state index in [0.717, 1.165) is 21.7 Å². The van der Waals surface area contributed by atoms with Gasteiger partial charge in [0.15, 0.2) is 6.10 Å². The monoisotopic (exact) mass is 396 g/mol. The molecular weight excluding hydrogens is 376 g/mol. The highest BCUT2D eigenvalue weighted by Crippen LogP contribution is 2.21. The molecule has 3 aromatic rings. The number of nitrogens with one attached hydrogen (secondary N) is 2. The molecule has 7 heteroatoms. The molecule has 144 valence electrons. The van der Waals surface area contributed by atoms with Crippen molar-refractivity contribution in [3.05, 3.63) is 83.8 Å². The van der Waals surface area contributed by atoms with Crippen LogP contribution >= 0.6 is 0 Å². The van der Waals surface area contributed by atoms with Crippen molar-refractivity contribution in [2.75, 3.05) is 0 Å². The summed E-state index contributed by atoms with van der Waals surface area (Å²) in [6, 6.07) is 22.2. The van der Waals surface area contributed by atoms with Crippen LogP contribution < -0.4 is 15.0 Å². The molecule has 1 atom stereocenters. The van der Waals surface area contributed by atoms with E-state index in [-0.39, 0.29) is 0 Å². The minimum atomic E-state index is -3.83. The highest BCUT2D eigenvalue weighted by Gasteiger charge is 2.16. The fourth-order valence-corrected chi connectivity index (χ4v) is 3.13. The molecule has 3 rings (SSSR count). The molecule has 0 spiro atoms. The molecule has 0 aliphatic carbocycles. The zero-order chi connectivity index (χ0) is 20.0. The molecule has 0 bridgehead atoms. The number of carbonyl (C=O) groups is 1. The summed E-state index contributed by atoms with van der Waals surface area (Å²) in [4.78, 5) is 14.2. The van der Waals surface area contributed by atoms with Gasteiger partial charge in [-0.15, -0.1) is 4.83 Å². The van der Waals surface area contributed by atoms with Crippen LogP contribution in [0.15, 0.2) is 78.2 Å². The second-order valence-corrected chi connectivity index (χ2v) is 7.69. The summed E-state index contributed by atoms with van der Waals surface area (Å²) in [7, 11) is -3.83. The summed E-state index contributed by atoms with van der Waals surface area (Å²) in [6.07, 6.45) is 0.547. The first-order valence-electron chi connectivity index (χ1n) is 8.63.